The van der Waals surface area contributed by atoms with E-state index in [0.29, 0.717) is 0 Å². The van der Waals surface area contributed by atoms with Crippen molar-refractivity contribution in [3.05, 3.63) is 48.5 Å². The first-order chi connectivity index (χ1) is 8.65. The monoisotopic (exact) mass is 237 g/mol. The molecular weight excluding hydrogens is 221 g/mol. The third-order valence-corrected chi connectivity index (χ3v) is 2.68. The maximum atomic E-state index is 4.21. The predicted octanol–water partition coefficient (Wildman–Crippen LogP) is 2.43. The molecule has 0 spiro atoms. The van der Waals surface area contributed by atoms with Gasteiger partial charge in [-0.25, -0.2) is 0 Å². The van der Waals surface area contributed by atoms with Gasteiger partial charge in [0.15, 0.2) is 0 Å². The lowest BCUT2D eigenvalue weighted by Gasteiger charge is -2.11. The lowest BCUT2D eigenvalue weighted by molar-refractivity contribution is 1.13. The third kappa shape index (κ3) is 3.20. The molecule has 0 bridgehead atoms. The fourth-order valence-electron chi connectivity index (χ4n) is 1.54. The van der Waals surface area contributed by atoms with E-state index < -0.39 is 0 Å². The summed E-state index contributed by atoms with van der Waals surface area (Å²) in [6.45, 7) is 0. The van der Waals surface area contributed by atoms with E-state index in [1.807, 2.05) is 62.6 Å². The number of hydrogen-bond acceptors (Lipinski definition) is 3. The van der Waals surface area contributed by atoms with Crippen molar-refractivity contribution in [1.82, 2.24) is 0 Å². The molecule has 0 aliphatic rings. The highest BCUT2D eigenvalue weighted by Gasteiger charge is 1.95. The summed E-state index contributed by atoms with van der Waals surface area (Å²) in [4.78, 5) is 2.06. The predicted molar refractivity (Wildman–Crippen MR) is 79.6 cm³/mol. The second-order valence-corrected chi connectivity index (χ2v) is 4.45. The number of azo groups is 1. The molecule has 0 saturated heterocycles. The van der Waals surface area contributed by atoms with Crippen LogP contribution in [0.15, 0.2) is 58.8 Å². The lowest BCUT2D eigenvalue weighted by atomic mass is 9.96. The van der Waals surface area contributed by atoms with Gasteiger partial charge in [0.2, 0.25) is 0 Å². The SMILES string of the molecule is Bc1ccc(N=Nc2ccc(N(C)C)cc2)cc1. The van der Waals surface area contributed by atoms with Crippen molar-refractivity contribution in [2.24, 2.45) is 10.2 Å². The van der Waals surface area contributed by atoms with Gasteiger partial charge in [0.1, 0.15) is 7.85 Å². The Hall–Kier alpha value is -2.10. The zero-order chi connectivity index (χ0) is 13.0. The van der Waals surface area contributed by atoms with Gasteiger partial charge in [-0.2, -0.15) is 10.2 Å². The molecule has 2 aromatic carbocycles. The molecule has 0 aliphatic heterocycles. The molecule has 4 heteroatoms. The maximum absolute atomic E-state index is 4.21. The highest BCUT2D eigenvalue weighted by molar-refractivity contribution is 6.32. The third-order valence-electron chi connectivity index (χ3n) is 2.68. The summed E-state index contributed by atoms with van der Waals surface area (Å²) in [5, 5.41) is 8.42. The van der Waals surface area contributed by atoms with Crippen LogP contribution in [0, 0.1) is 0 Å². The van der Waals surface area contributed by atoms with Gasteiger partial charge < -0.3 is 4.90 Å². The molecule has 0 unspecified atom stereocenters. The minimum atomic E-state index is 0.862. The molecule has 0 heterocycles. The first kappa shape index (κ1) is 12.4. The molecule has 2 aromatic rings. The van der Waals surface area contributed by atoms with Crippen LogP contribution in [0.3, 0.4) is 0 Å². The Balaban J connectivity index is 2.11. The van der Waals surface area contributed by atoms with Crippen LogP contribution in [0.1, 0.15) is 0 Å². The van der Waals surface area contributed by atoms with Crippen LogP contribution in [0.25, 0.3) is 0 Å². The first-order valence-electron chi connectivity index (χ1n) is 5.91. The summed E-state index contributed by atoms with van der Waals surface area (Å²) in [6, 6.07) is 16.0. The average Bonchev–Trinajstić information content (AvgIpc) is 2.38. The molecule has 0 amide bonds. The van der Waals surface area contributed by atoms with E-state index in [-0.39, 0.29) is 0 Å². The number of benzene rings is 2. The highest BCUT2D eigenvalue weighted by atomic mass is 15.1. The minimum Gasteiger partial charge on any atom is -0.378 e. The molecule has 18 heavy (non-hydrogen) atoms. The van der Waals surface area contributed by atoms with Gasteiger partial charge in [-0.3, -0.25) is 0 Å². The van der Waals surface area contributed by atoms with E-state index in [0.717, 1.165) is 17.1 Å². The van der Waals surface area contributed by atoms with E-state index in [2.05, 4.69) is 23.0 Å². The Bertz CT molecular complexity index is 530. The average molecular weight is 237 g/mol. The molecule has 0 N–H and O–H groups in total. The first-order valence-corrected chi connectivity index (χ1v) is 5.91. The molecule has 0 radical (unpaired) electrons. The number of nitrogens with zero attached hydrogens (tertiary/aromatic N) is 3. The second kappa shape index (κ2) is 5.49. The molecule has 0 saturated carbocycles. The Morgan fingerprint density at radius 2 is 1.22 bits per heavy atom. The Morgan fingerprint density at radius 3 is 1.67 bits per heavy atom. The normalized spacial score (nSPS) is 10.8. The van der Waals surface area contributed by atoms with E-state index in [1.54, 1.807) is 0 Å². The number of hydrogen-bond donors (Lipinski definition) is 0. The van der Waals surface area contributed by atoms with Crippen molar-refractivity contribution in [1.29, 1.82) is 0 Å². The smallest absolute Gasteiger partial charge is 0.139 e. The van der Waals surface area contributed by atoms with Crippen LogP contribution in [-0.4, -0.2) is 21.9 Å². The number of anilines is 1. The zero-order valence-electron chi connectivity index (χ0n) is 11.0. The van der Waals surface area contributed by atoms with Crippen LogP contribution in [0.4, 0.5) is 17.1 Å². The maximum Gasteiger partial charge on any atom is 0.139 e. The van der Waals surface area contributed by atoms with Crippen LogP contribution in [0.5, 0.6) is 0 Å². The van der Waals surface area contributed by atoms with Crippen molar-refractivity contribution in [2.75, 3.05) is 19.0 Å². The molecule has 0 fully saturated rings. The largest absolute Gasteiger partial charge is 0.378 e. The molecule has 0 aromatic heterocycles. The van der Waals surface area contributed by atoms with E-state index in [1.165, 1.54) is 5.46 Å². The van der Waals surface area contributed by atoms with E-state index in [4.69, 9.17) is 0 Å². The molecule has 90 valence electrons. The van der Waals surface area contributed by atoms with Gasteiger partial charge in [0.05, 0.1) is 11.4 Å². The minimum absolute atomic E-state index is 0.862. The van der Waals surface area contributed by atoms with Crippen LogP contribution < -0.4 is 10.4 Å². The van der Waals surface area contributed by atoms with Gasteiger partial charge in [0, 0.05) is 19.8 Å². The van der Waals surface area contributed by atoms with Crippen molar-refractivity contribution in [2.45, 2.75) is 0 Å². The zero-order valence-corrected chi connectivity index (χ0v) is 11.0. The molecule has 3 nitrogen and oxygen atoms in total. The van der Waals surface area contributed by atoms with Crippen molar-refractivity contribution < 1.29 is 0 Å². The van der Waals surface area contributed by atoms with Gasteiger partial charge in [-0.15, -0.1) is 0 Å². The standard InChI is InChI=1S/C14H16BN3/c1-18(2)14-9-7-13(8-10-14)17-16-12-5-3-11(15)4-6-12/h3-10H,15H2,1-2H3. The van der Waals surface area contributed by atoms with E-state index >= 15 is 0 Å². The van der Waals surface area contributed by atoms with Crippen molar-refractivity contribution in [3.63, 3.8) is 0 Å². The molecule has 2 rings (SSSR count). The lowest BCUT2D eigenvalue weighted by Crippen LogP contribution is -2.07. The van der Waals surface area contributed by atoms with E-state index in [9.17, 15) is 0 Å². The van der Waals surface area contributed by atoms with Crippen LogP contribution >= 0.6 is 0 Å². The van der Waals surface area contributed by atoms with Gasteiger partial charge in [0.25, 0.3) is 0 Å². The van der Waals surface area contributed by atoms with Crippen molar-refractivity contribution in [3.8, 4) is 0 Å². The molecule has 0 aliphatic carbocycles. The summed E-state index contributed by atoms with van der Waals surface area (Å²) in [5.41, 5.74) is 4.12. The number of rotatable bonds is 3. The quantitative estimate of drug-likeness (QED) is 0.595. The fourth-order valence-corrected chi connectivity index (χ4v) is 1.54. The highest BCUT2D eigenvalue weighted by Crippen LogP contribution is 2.20. The van der Waals surface area contributed by atoms with Crippen molar-refractivity contribution >= 4 is 30.4 Å². The van der Waals surface area contributed by atoms with Gasteiger partial charge in [-0.05, 0) is 36.4 Å². The molecular formula is C14H16BN3. The summed E-state index contributed by atoms with van der Waals surface area (Å²) in [5.74, 6) is 0. The Morgan fingerprint density at radius 1 is 0.778 bits per heavy atom. The van der Waals surface area contributed by atoms with Gasteiger partial charge in [-0.1, -0.05) is 17.6 Å². The topological polar surface area (TPSA) is 28.0 Å². The summed E-state index contributed by atoms with van der Waals surface area (Å²) in [7, 11) is 6.09. The Labute approximate surface area is 109 Å². The Kier molecular flexibility index (Phi) is 3.77. The fraction of sp³-hybridized carbons (Fsp3) is 0.143. The van der Waals surface area contributed by atoms with Gasteiger partial charge >= 0.3 is 0 Å². The summed E-state index contributed by atoms with van der Waals surface area (Å²) < 4.78 is 0. The van der Waals surface area contributed by atoms with Crippen LogP contribution in [-0.2, 0) is 0 Å². The second-order valence-electron chi connectivity index (χ2n) is 4.45. The van der Waals surface area contributed by atoms with Crippen LogP contribution in [0.2, 0.25) is 0 Å². The summed E-state index contributed by atoms with van der Waals surface area (Å²) >= 11 is 0. The molecule has 0 atom stereocenters. The summed E-state index contributed by atoms with van der Waals surface area (Å²) in [6.07, 6.45) is 0.